The molecule has 2 aliphatic rings. The summed E-state index contributed by atoms with van der Waals surface area (Å²) in [5.74, 6) is 2.00. The largest absolute Gasteiger partial charge is 0.369 e. The first-order valence-electron chi connectivity index (χ1n) is 10.5. The van der Waals surface area contributed by atoms with Crippen LogP contribution in [0.1, 0.15) is 67.1 Å². The van der Waals surface area contributed by atoms with Crippen molar-refractivity contribution in [3.63, 3.8) is 0 Å². The molecule has 2 N–H and O–H groups in total. The van der Waals surface area contributed by atoms with Gasteiger partial charge in [-0.1, -0.05) is 6.42 Å². The third-order valence-corrected chi connectivity index (χ3v) is 6.21. The van der Waals surface area contributed by atoms with Crippen LogP contribution in [0.4, 0.5) is 0 Å². The molecular weight excluding hydrogens is 350 g/mol. The Bertz CT molecular complexity index is 914. The van der Waals surface area contributed by atoms with Gasteiger partial charge in [0, 0.05) is 32.1 Å². The Kier molecular flexibility index (Phi) is 5.33. The van der Waals surface area contributed by atoms with Gasteiger partial charge in [0.25, 0.3) is 0 Å². The summed E-state index contributed by atoms with van der Waals surface area (Å²) in [5.41, 5.74) is 11.8. The Morgan fingerprint density at radius 2 is 1.96 bits per heavy atom. The molecule has 3 heterocycles. The summed E-state index contributed by atoms with van der Waals surface area (Å²) in [5, 5.41) is 4.87. The van der Waals surface area contributed by atoms with E-state index in [1.807, 2.05) is 4.52 Å². The van der Waals surface area contributed by atoms with E-state index in [9.17, 15) is 0 Å². The first-order valence-corrected chi connectivity index (χ1v) is 10.5. The van der Waals surface area contributed by atoms with Gasteiger partial charge in [-0.25, -0.2) is 14.5 Å². The predicted molar refractivity (Wildman–Crippen MR) is 113 cm³/mol. The third-order valence-electron chi connectivity index (χ3n) is 6.21. The van der Waals surface area contributed by atoms with Crippen LogP contribution in [0.3, 0.4) is 0 Å². The van der Waals surface area contributed by atoms with Crippen LogP contribution in [0.15, 0.2) is 16.1 Å². The van der Waals surface area contributed by atoms with Crippen molar-refractivity contribution >= 4 is 17.4 Å². The molecule has 0 atom stereocenters. The van der Waals surface area contributed by atoms with E-state index in [2.05, 4.69) is 34.8 Å². The normalized spacial score (nSPS) is 18.9. The van der Waals surface area contributed by atoms with Gasteiger partial charge in [-0.2, -0.15) is 5.10 Å². The van der Waals surface area contributed by atoms with E-state index in [-0.39, 0.29) is 0 Å². The maximum absolute atomic E-state index is 6.18. The van der Waals surface area contributed by atoms with E-state index in [4.69, 9.17) is 15.8 Å². The second-order valence-electron chi connectivity index (χ2n) is 8.04. The van der Waals surface area contributed by atoms with E-state index in [1.165, 1.54) is 37.7 Å². The minimum atomic E-state index is 0.595. The van der Waals surface area contributed by atoms with Crippen molar-refractivity contribution in [1.82, 2.24) is 19.5 Å². The SMILES string of the molecule is CN=C(CCc1cc(C2CCC2)c2nc(C)c(C)n2n1)N=C(N)N1CCCC1. The molecule has 2 aromatic heterocycles. The quantitative estimate of drug-likeness (QED) is 0.652. The number of amidine groups is 1. The van der Waals surface area contributed by atoms with Crippen molar-refractivity contribution in [2.45, 2.75) is 64.7 Å². The van der Waals surface area contributed by atoms with Crippen LogP contribution < -0.4 is 5.73 Å². The zero-order valence-electron chi connectivity index (χ0n) is 17.3. The Morgan fingerprint density at radius 1 is 1.21 bits per heavy atom. The van der Waals surface area contributed by atoms with Crippen LogP contribution in [0.25, 0.3) is 5.65 Å². The van der Waals surface area contributed by atoms with E-state index in [1.54, 1.807) is 7.05 Å². The third kappa shape index (κ3) is 3.62. The first kappa shape index (κ1) is 18.9. The summed E-state index contributed by atoms with van der Waals surface area (Å²) in [4.78, 5) is 15.9. The van der Waals surface area contributed by atoms with Gasteiger partial charge in [0.1, 0.15) is 5.84 Å². The van der Waals surface area contributed by atoms with Crippen molar-refractivity contribution in [1.29, 1.82) is 0 Å². The monoisotopic (exact) mass is 381 g/mol. The van der Waals surface area contributed by atoms with Gasteiger partial charge >= 0.3 is 0 Å². The first-order chi connectivity index (χ1) is 13.6. The topological polar surface area (TPSA) is 84.2 Å². The standard InChI is InChI=1S/C21H31N7/c1-14-15(2)28-20(24-14)18(16-7-6-8-16)13-17(26-28)9-10-19(23-3)25-21(22)27-11-4-5-12-27/h13,16H,4-12H2,1-3H3,(H2,22,23,25). The molecule has 7 nitrogen and oxygen atoms in total. The fourth-order valence-electron chi connectivity index (χ4n) is 4.06. The maximum atomic E-state index is 6.18. The molecule has 1 aliphatic carbocycles. The summed E-state index contributed by atoms with van der Waals surface area (Å²) in [6.45, 7) is 6.14. The van der Waals surface area contributed by atoms with Gasteiger partial charge in [-0.05, 0) is 57.9 Å². The lowest BCUT2D eigenvalue weighted by Crippen LogP contribution is -2.35. The van der Waals surface area contributed by atoms with E-state index >= 15 is 0 Å². The summed E-state index contributed by atoms with van der Waals surface area (Å²) >= 11 is 0. The van der Waals surface area contributed by atoms with Crippen molar-refractivity contribution in [2.75, 3.05) is 20.1 Å². The zero-order chi connectivity index (χ0) is 19.7. The molecule has 0 unspecified atom stereocenters. The lowest BCUT2D eigenvalue weighted by molar-refractivity contribution is 0.419. The average molecular weight is 382 g/mol. The second kappa shape index (κ2) is 7.89. The molecule has 4 rings (SSSR count). The predicted octanol–water partition coefficient (Wildman–Crippen LogP) is 2.99. The number of hydrogen-bond acceptors (Lipinski definition) is 3. The molecule has 28 heavy (non-hydrogen) atoms. The fraction of sp³-hybridized carbons (Fsp3) is 0.619. The van der Waals surface area contributed by atoms with Crippen LogP contribution in [0, 0.1) is 13.8 Å². The highest BCUT2D eigenvalue weighted by atomic mass is 15.3. The maximum Gasteiger partial charge on any atom is 0.197 e. The molecule has 1 saturated carbocycles. The van der Waals surface area contributed by atoms with Gasteiger partial charge in [0.05, 0.1) is 17.1 Å². The van der Waals surface area contributed by atoms with Crippen molar-refractivity contribution in [3.05, 3.63) is 28.7 Å². The zero-order valence-corrected chi connectivity index (χ0v) is 17.3. The number of likely N-dealkylation sites (tertiary alicyclic amines) is 1. The van der Waals surface area contributed by atoms with Crippen molar-refractivity contribution in [2.24, 2.45) is 15.7 Å². The van der Waals surface area contributed by atoms with Gasteiger partial charge in [0.2, 0.25) is 0 Å². The lowest BCUT2D eigenvalue weighted by Gasteiger charge is -2.26. The van der Waals surface area contributed by atoms with Crippen LogP contribution in [-0.4, -0.2) is 51.4 Å². The van der Waals surface area contributed by atoms with Gasteiger partial charge in [0.15, 0.2) is 11.6 Å². The molecule has 0 spiro atoms. The number of nitrogens with zero attached hydrogens (tertiary/aromatic N) is 6. The van der Waals surface area contributed by atoms with Crippen LogP contribution in [0.5, 0.6) is 0 Å². The van der Waals surface area contributed by atoms with Gasteiger partial charge in [-0.3, -0.25) is 4.99 Å². The Labute approximate surface area is 166 Å². The number of imidazole rings is 1. The van der Waals surface area contributed by atoms with Crippen LogP contribution in [-0.2, 0) is 6.42 Å². The molecule has 0 aromatic carbocycles. The molecule has 2 fully saturated rings. The Morgan fingerprint density at radius 3 is 2.61 bits per heavy atom. The highest BCUT2D eigenvalue weighted by Crippen LogP contribution is 2.38. The highest BCUT2D eigenvalue weighted by molar-refractivity contribution is 5.95. The van der Waals surface area contributed by atoms with Gasteiger partial charge < -0.3 is 10.6 Å². The lowest BCUT2D eigenvalue weighted by atomic mass is 9.80. The molecule has 1 aliphatic heterocycles. The number of rotatable bonds is 4. The number of nitrogens with two attached hydrogens (primary N) is 1. The summed E-state index contributed by atoms with van der Waals surface area (Å²) in [7, 11) is 1.79. The van der Waals surface area contributed by atoms with E-state index in [0.717, 1.165) is 54.5 Å². The number of hydrogen-bond donors (Lipinski definition) is 1. The van der Waals surface area contributed by atoms with Crippen molar-refractivity contribution < 1.29 is 0 Å². The summed E-state index contributed by atoms with van der Waals surface area (Å²) < 4.78 is 2.03. The minimum Gasteiger partial charge on any atom is -0.369 e. The number of aromatic nitrogens is 3. The second-order valence-corrected chi connectivity index (χ2v) is 8.04. The van der Waals surface area contributed by atoms with Crippen LogP contribution in [0.2, 0.25) is 0 Å². The van der Waals surface area contributed by atoms with E-state index in [0.29, 0.717) is 11.9 Å². The molecular formula is C21H31N7. The molecule has 150 valence electrons. The smallest absolute Gasteiger partial charge is 0.197 e. The molecule has 0 amide bonds. The molecule has 0 bridgehead atoms. The number of fused-ring (bicyclic) bond motifs is 1. The Balaban J connectivity index is 1.55. The molecule has 7 heteroatoms. The number of guanidine groups is 1. The molecule has 2 aromatic rings. The number of aryl methyl sites for hydroxylation is 3. The van der Waals surface area contributed by atoms with Crippen molar-refractivity contribution in [3.8, 4) is 0 Å². The Hall–Kier alpha value is -2.44. The summed E-state index contributed by atoms with van der Waals surface area (Å²) in [6, 6.07) is 2.26. The van der Waals surface area contributed by atoms with Crippen LogP contribution >= 0.6 is 0 Å². The minimum absolute atomic E-state index is 0.595. The highest BCUT2D eigenvalue weighted by Gasteiger charge is 2.25. The average Bonchev–Trinajstić information content (AvgIpc) is 3.27. The summed E-state index contributed by atoms with van der Waals surface area (Å²) in [6.07, 6.45) is 7.73. The molecule has 0 radical (unpaired) electrons. The van der Waals surface area contributed by atoms with E-state index < -0.39 is 0 Å². The molecule has 1 saturated heterocycles. The van der Waals surface area contributed by atoms with Gasteiger partial charge in [-0.15, -0.1) is 0 Å². The number of aliphatic imine (C=N–C) groups is 2. The fourth-order valence-corrected chi connectivity index (χ4v) is 4.06.